The number of hydrogen-bond donors (Lipinski definition) is 0. The molecule has 6 heteroatoms. The highest BCUT2D eigenvalue weighted by atomic mass is 35.5. The van der Waals surface area contributed by atoms with E-state index in [-0.39, 0.29) is 0 Å². The normalized spacial score (nSPS) is 16.3. The second kappa shape index (κ2) is 8.41. The summed E-state index contributed by atoms with van der Waals surface area (Å²) >= 11 is 18.0. The van der Waals surface area contributed by atoms with Gasteiger partial charge in [-0.15, -0.1) is 0 Å². The van der Waals surface area contributed by atoms with Gasteiger partial charge < -0.3 is 0 Å². The van der Waals surface area contributed by atoms with Crippen molar-refractivity contribution in [3.05, 3.63) is 68.7 Å². The molecule has 1 aliphatic rings. The monoisotopic (exact) mass is 395 g/mol. The Morgan fingerprint density at radius 2 is 1.60 bits per heavy atom. The number of nitrogens with zero attached hydrogens (tertiary/aromatic N) is 3. The van der Waals surface area contributed by atoms with Gasteiger partial charge in [0.2, 0.25) is 0 Å². The van der Waals surface area contributed by atoms with E-state index in [0.717, 1.165) is 49.0 Å². The fraction of sp³-hybridized carbons (Fsp3) is 0.316. The Morgan fingerprint density at radius 1 is 0.920 bits per heavy atom. The first kappa shape index (κ1) is 18.5. The van der Waals surface area contributed by atoms with Crippen molar-refractivity contribution in [2.24, 2.45) is 5.10 Å². The third kappa shape index (κ3) is 5.11. The number of benzene rings is 2. The summed E-state index contributed by atoms with van der Waals surface area (Å²) in [4.78, 5) is 2.43. The van der Waals surface area contributed by atoms with Gasteiger partial charge in [-0.2, -0.15) is 5.10 Å². The Bertz CT molecular complexity index is 751. The van der Waals surface area contributed by atoms with Crippen LogP contribution in [0.3, 0.4) is 0 Å². The predicted octanol–water partition coefficient (Wildman–Crippen LogP) is 5.19. The van der Waals surface area contributed by atoms with Gasteiger partial charge in [0.1, 0.15) is 0 Å². The molecule has 1 heterocycles. The van der Waals surface area contributed by atoms with Gasteiger partial charge in [0, 0.05) is 37.7 Å². The van der Waals surface area contributed by atoms with Crippen LogP contribution in [-0.4, -0.2) is 41.8 Å². The molecular weight excluding hydrogens is 377 g/mol. The van der Waals surface area contributed by atoms with Crippen LogP contribution in [0.1, 0.15) is 18.1 Å². The Hall–Kier alpha value is -1.26. The lowest BCUT2D eigenvalue weighted by Gasteiger charge is -2.33. The summed E-state index contributed by atoms with van der Waals surface area (Å²) in [5.41, 5.74) is 3.23. The molecule has 1 saturated heterocycles. The van der Waals surface area contributed by atoms with Gasteiger partial charge in [-0.05, 0) is 42.3 Å². The van der Waals surface area contributed by atoms with E-state index in [4.69, 9.17) is 39.9 Å². The molecule has 0 unspecified atom stereocenters. The maximum Gasteiger partial charge on any atom is 0.0647 e. The second-order valence-electron chi connectivity index (χ2n) is 6.17. The van der Waals surface area contributed by atoms with Crippen molar-refractivity contribution in [2.75, 3.05) is 26.2 Å². The molecule has 0 amide bonds. The predicted molar refractivity (Wildman–Crippen MR) is 107 cm³/mol. The van der Waals surface area contributed by atoms with Crippen LogP contribution in [0.2, 0.25) is 15.1 Å². The third-order valence-corrected chi connectivity index (χ3v) is 5.29. The van der Waals surface area contributed by atoms with Crippen molar-refractivity contribution in [2.45, 2.75) is 13.5 Å². The zero-order valence-electron chi connectivity index (χ0n) is 14.1. The zero-order chi connectivity index (χ0) is 17.8. The first-order chi connectivity index (χ1) is 12.0. The van der Waals surface area contributed by atoms with Crippen LogP contribution in [0.15, 0.2) is 47.6 Å². The summed E-state index contributed by atoms with van der Waals surface area (Å²) in [6.07, 6.45) is 0. The molecule has 0 aliphatic carbocycles. The van der Waals surface area contributed by atoms with Crippen LogP contribution in [0.4, 0.5) is 0 Å². The molecule has 1 fully saturated rings. The van der Waals surface area contributed by atoms with E-state index in [1.54, 1.807) is 0 Å². The zero-order valence-corrected chi connectivity index (χ0v) is 16.3. The van der Waals surface area contributed by atoms with Gasteiger partial charge in [-0.1, -0.05) is 53.0 Å². The molecule has 1 aliphatic heterocycles. The summed E-state index contributed by atoms with van der Waals surface area (Å²) in [5.74, 6) is 0. The molecule has 0 aromatic heterocycles. The lowest BCUT2D eigenvalue weighted by Crippen LogP contribution is -2.43. The third-order valence-electron chi connectivity index (χ3n) is 4.30. The van der Waals surface area contributed by atoms with Gasteiger partial charge in [0.15, 0.2) is 0 Å². The fourth-order valence-corrected chi connectivity index (χ4v) is 3.26. The molecule has 0 N–H and O–H groups in total. The van der Waals surface area contributed by atoms with Crippen LogP contribution < -0.4 is 0 Å². The summed E-state index contributed by atoms with van der Waals surface area (Å²) in [5, 5.41) is 8.75. The summed E-state index contributed by atoms with van der Waals surface area (Å²) in [7, 11) is 0. The van der Waals surface area contributed by atoms with Crippen LogP contribution in [0, 0.1) is 0 Å². The van der Waals surface area contributed by atoms with Crippen molar-refractivity contribution in [3.63, 3.8) is 0 Å². The van der Waals surface area contributed by atoms with Crippen molar-refractivity contribution < 1.29 is 0 Å². The Balaban J connectivity index is 1.56. The number of hydrogen-bond acceptors (Lipinski definition) is 3. The molecule has 3 nitrogen and oxygen atoms in total. The quantitative estimate of drug-likeness (QED) is 0.662. The highest BCUT2D eigenvalue weighted by molar-refractivity contribution is 6.42. The van der Waals surface area contributed by atoms with Crippen molar-refractivity contribution in [3.8, 4) is 0 Å². The first-order valence-electron chi connectivity index (χ1n) is 8.23. The minimum Gasteiger partial charge on any atom is -0.295 e. The van der Waals surface area contributed by atoms with E-state index in [1.165, 1.54) is 5.56 Å². The average Bonchev–Trinajstić information content (AvgIpc) is 2.61. The molecule has 25 heavy (non-hydrogen) atoms. The van der Waals surface area contributed by atoms with Crippen molar-refractivity contribution >= 4 is 40.5 Å². The summed E-state index contributed by atoms with van der Waals surface area (Å²) < 4.78 is 0. The van der Waals surface area contributed by atoms with Crippen LogP contribution in [-0.2, 0) is 6.54 Å². The smallest absolute Gasteiger partial charge is 0.0647 e. The van der Waals surface area contributed by atoms with Gasteiger partial charge in [-0.3, -0.25) is 9.91 Å². The number of rotatable bonds is 4. The molecule has 3 rings (SSSR count). The molecule has 132 valence electrons. The molecule has 0 bridgehead atoms. The molecule has 2 aromatic rings. The Morgan fingerprint density at radius 3 is 2.24 bits per heavy atom. The average molecular weight is 397 g/mol. The van der Waals surface area contributed by atoms with E-state index in [9.17, 15) is 0 Å². The van der Waals surface area contributed by atoms with Crippen molar-refractivity contribution in [1.82, 2.24) is 9.91 Å². The number of piperazine rings is 1. The second-order valence-corrected chi connectivity index (χ2v) is 7.42. The van der Waals surface area contributed by atoms with Crippen molar-refractivity contribution in [1.29, 1.82) is 0 Å². The maximum absolute atomic E-state index is 6.09. The van der Waals surface area contributed by atoms with Crippen LogP contribution in [0.25, 0.3) is 0 Å². The standard InChI is InChI=1S/C19H20Cl3N3/c1-14(16-4-7-18(21)19(22)12-16)23-25-10-8-24(9-11-25)13-15-2-5-17(20)6-3-15/h2-7,12H,8-11,13H2,1H3/b23-14-. The molecule has 0 saturated carbocycles. The van der Waals surface area contributed by atoms with Gasteiger partial charge in [-0.25, -0.2) is 0 Å². The summed E-state index contributed by atoms with van der Waals surface area (Å²) in [6, 6.07) is 13.7. The van der Waals surface area contributed by atoms with Gasteiger partial charge in [0.05, 0.1) is 15.8 Å². The van der Waals surface area contributed by atoms with Gasteiger partial charge >= 0.3 is 0 Å². The van der Waals surface area contributed by atoms with E-state index in [0.29, 0.717) is 10.0 Å². The minimum absolute atomic E-state index is 0.557. The molecule has 0 radical (unpaired) electrons. The lowest BCUT2D eigenvalue weighted by atomic mass is 10.1. The van der Waals surface area contributed by atoms with E-state index in [1.807, 2.05) is 37.3 Å². The Labute approximate surface area is 163 Å². The van der Waals surface area contributed by atoms with E-state index in [2.05, 4.69) is 22.0 Å². The lowest BCUT2D eigenvalue weighted by molar-refractivity contribution is 0.130. The van der Waals surface area contributed by atoms with E-state index < -0.39 is 0 Å². The molecule has 0 atom stereocenters. The first-order valence-corrected chi connectivity index (χ1v) is 9.37. The Kier molecular flexibility index (Phi) is 6.24. The largest absolute Gasteiger partial charge is 0.295 e. The van der Waals surface area contributed by atoms with Crippen LogP contribution in [0.5, 0.6) is 0 Å². The number of halogens is 3. The van der Waals surface area contributed by atoms with E-state index >= 15 is 0 Å². The molecule has 0 spiro atoms. The molecular formula is C19H20Cl3N3. The van der Waals surface area contributed by atoms with Crippen LogP contribution >= 0.6 is 34.8 Å². The summed E-state index contributed by atoms with van der Waals surface area (Å²) in [6.45, 7) is 6.74. The maximum atomic E-state index is 6.09. The SMILES string of the molecule is C/C(=N/N1CCN(Cc2ccc(Cl)cc2)CC1)c1ccc(Cl)c(Cl)c1. The topological polar surface area (TPSA) is 18.8 Å². The highest BCUT2D eigenvalue weighted by Crippen LogP contribution is 2.23. The molecule has 2 aromatic carbocycles. The fourth-order valence-electron chi connectivity index (χ4n) is 2.83. The minimum atomic E-state index is 0.557. The number of hydrazone groups is 1. The highest BCUT2D eigenvalue weighted by Gasteiger charge is 2.16. The van der Waals surface area contributed by atoms with Gasteiger partial charge in [0.25, 0.3) is 0 Å².